The number of aryl methyl sites for hydroxylation is 1. The predicted molar refractivity (Wildman–Crippen MR) is 113 cm³/mol. The molecule has 3 nitrogen and oxygen atoms in total. The van der Waals surface area contributed by atoms with Crippen molar-refractivity contribution in [2.75, 3.05) is 0 Å². The van der Waals surface area contributed by atoms with Crippen molar-refractivity contribution in [2.24, 2.45) is 0 Å². The van der Waals surface area contributed by atoms with Crippen LogP contribution in [0.3, 0.4) is 0 Å². The number of rotatable bonds is 4. The van der Waals surface area contributed by atoms with Crippen LogP contribution in [-0.4, -0.2) is 12.7 Å². The molecule has 1 heterocycles. The molecule has 31 heavy (non-hydrogen) atoms. The third-order valence-electron chi connectivity index (χ3n) is 5.51. The second kappa shape index (κ2) is 7.66. The second-order valence-corrected chi connectivity index (χ2v) is 9.32. The first-order valence-corrected chi connectivity index (χ1v) is 11.1. The van der Waals surface area contributed by atoms with Crippen LogP contribution in [0.15, 0.2) is 90.3 Å². The van der Waals surface area contributed by atoms with Gasteiger partial charge in [0.1, 0.15) is 0 Å². The van der Waals surface area contributed by atoms with Gasteiger partial charge in [0.25, 0.3) is 0 Å². The van der Waals surface area contributed by atoms with Gasteiger partial charge in [-0.05, 0) is 47.9 Å². The molecule has 7 heteroatoms. The van der Waals surface area contributed by atoms with Crippen molar-refractivity contribution < 1.29 is 21.6 Å². The molecule has 1 aliphatic heterocycles. The molecule has 0 fully saturated rings. The summed E-state index contributed by atoms with van der Waals surface area (Å²) in [5.41, 5.74) is 2.08. The van der Waals surface area contributed by atoms with E-state index in [1.54, 1.807) is 36.4 Å². The summed E-state index contributed by atoms with van der Waals surface area (Å²) in [6, 6.07) is 17.0. The Morgan fingerprint density at radius 1 is 0.903 bits per heavy atom. The topological polar surface area (TPSA) is 37.4 Å². The number of fused-ring (bicyclic) bond motifs is 1. The smallest absolute Gasteiger partial charge is 0.207 e. The van der Waals surface area contributed by atoms with Crippen molar-refractivity contribution >= 4 is 10.0 Å². The lowest BCUT2D eigenvalue weighted by Gasteiger charge is -2.29. The molecule has 3 aromatic rings. The van der Waals surface area contributed by atoms with Crippen molar-refractivity contribution in [1.29, 1.82) is 0 Å². The summed E-state index contributed by atoms with van der Waals surface area (Å²) in [5, 5.41) is 0. The van der Waals surface area contributed by atoms with Crippen molar-refractivity contribution in [3.05, 3.63) is 113 Å². The van der Waals surface area contributed by atoms with Crippen LogP contribution in [0.2, 0.25) is 0 Å². The average molecular weight is 443 g/mol. The lowest BCUT2D eigenvalue weighted by molar-refractivity contribution is -0.137. The molecule has 1 aliphatic rings. The minimum absolute atomic E-state index is 0.120. The Hall–Kier alpha value is -2.90. The minimum atomic E-state index is -4.47. The van der Waals surface area contributed by atoms with Gasteiger partial charge in [-0.1, -0.05) is 60.2 Å². The van der Waals surface area contributed by atoms with E-state index in [2.05, 4.69) is 6.58 Å². The predicted octanol–water partition coefficient (Wildman–Crippen LogP) is 6.03. The molecule has 0 radical (unpaired) electrons. The maximum absolute atomic E-state index is 13.7. The summed E-state index contributed by atoms with van der Waals surface area (Å²) in [5.74, 6) is 0. The summed E-state index contributed by atoms with van der Waals surface area (Å²) in [6.45, 7) is 5.69. The zero-order valence-electron chi connectivity index (χ0n) is 16.7. The van der Waals surface area contributed by atoms with Gasteiger partial charge in [0.05, 0.1) is 22.5 Å². The van der Waals surface area contributed by atoms with E-state index in [1.807, 2.05) is 13.0 Å². The molecule has 0 aliphatic carbocycles. The Balaban J connectivity index is 1.89. The van der Waals surface area contributed by atoms with Gasteiger partial charge in [-0.25, -0.2) is 8.42 Å². The maximum Gasteiger partial charge on any atom is 0.416 e. The molecule has 0 spiro atoms. The average Bonchev–Trinajstić information content (AvgIpc) is 3.09. The standard InChI is InChI=1S/C24H20F3NO2S/c1-3-22-20-6-4-5-7-21(20)23(17-10-12-18(13-11-17)24(25,26)27)28(22)31(29,30)19-14-8-16(2)9-15-19/h3-15,22-23H,1H2,2H3/t22-,23+/m0/s1. The minimum Gasteiger partial charge on any atom is -0.207 e. The fraction of sp³-hybridized carbons (Fsp3) is 0.167. The fourth-order valence-electron chi connectivity index (χ4n) is 4.00. The van der Waals surface area contributed by atoms with Gasteiger partial charge in [-0.15, -0.1) is 6.58 Å². The lowest BCUT2D eigenvalue weighted by Crippen LogP contribution is -2.33. The van der Waals surface area contributed by atoms with Gasteiger partial charge in [0.2, 0.25) is 10.0 Å². The Kier molecular flexibility index (Phi) is 5.27. The molecule has 2 atom stereocenters. The summed E-state index contributed by atoms with van der Waals surface area (Å²) in [6.07, 6.45) is -2.92. The fourth-order valence-corrected chi connectivity index (χ4v) is 5.73. The van der Waals surface area contributed by atoms with Crippen LogP contribution in [-0.2, 0) is 16.2 Å². The first-order chi connectivity index (χ1) is 14.6. The number of sulfonamides is 1. The highest BCUT2D eigenvalue weighted by atomic mass is 32.2. The number of nitrogens with zero attached hydrogens (tertiary/aromatic N) is 1. The largest absolute Gasteiger partial charge is 0.416 e. The van der Waals surface area contributed by atoms with Gasteiger partial charge < -0.3 is 0 Å². The molecule has 0 amide bonds. The zero-order chi connectivity index (χ0) is 22.4. The quantitative estimate of drug-likeness (QED) is 0.462. The van der Waals surface area contributed by atoms with Gasteiger partial charge in [-0.2, -0.15) is 17.5 Å². The molecule has 160 valence electrons. The zero-order valence-corrected chi connectivity index (χ0v) is 17.5. The third kappa shape index (κ3) is 3.68. The van der Waals surface area contributed by atoms with Crippen LogP contribution >= 0.6 is 0 Å². The van der Waals surface area contributed by atoms with E-state index < -0.39 is 33.8 Å². The Labute approximate surface area is 179 Å². The highest BCUT2D eigenvalue weighted by molar-refractivity contribution is 7.89. The van der Waals surface area contributed by atoms with Crippen molar-refractivity contribution in [1.82, 2.24) is 4.31 Å². The SMILES string of the molecule is C=C[C@H]1c2ccccc2[C@@H](c2ccc(C(F)(F)F)cc2)N1S(=O)(=O)c1ccc(C)cc1. The van der Waals surface area contributed by atoms with Gasteiger partial charge >= 0.3 is 6.18 Å². The molecule has 0 saturated heterocycles. The van der Waals surface area contributed by atoms with E-state index in [1.165, 1.54) is 28.6 Å². The normalized spacial score (nSPS) is 19.2. The number of benzene rings is 3. The summed E-state index contributed by atoms with van der Waals surface area (Å²) in [4.78, 5) is 0.120. The van der Waals surface area contributed by atoms with Gasteiger partial charge in [0, 0.05) is 0 Å². The number of alkyl halides is 3. The Morgan fingerprint density at radius 3 is 2.03 bits per heavy atom. The van der Waals surface area contributed by atoms with Crippen LogP contribution in [0, 0.1) is 6.92 Å². The maximum atomic E-state index is 13.7. The highest BCUT2D eigenvalue weighted by Crippen LogP contribution is 2.49. The molecular weight excluding hydrogens is 423 g/mol. The van der Waals surface area contributed by atoms with E-state index >= 15 is 0 Å². The van der Waals surface area contributed by atoms with Crippen LogP contribution in [0.25, 0.3) is 0 Å². The molecule has 3 aromatic carbocycles. The Bertz CT molecular complexity index is 1220. The van der Waals surface area contributed by atoms with E-state index in [9.17, 15) is 21.6 Å². The van der Waals surface area contributed by atoms with Gasteiger partial charge in [0.15, 0.2) is 0 Å². The monoisotopic (exact) mass is 443 g/mol. The van der Waals surface area contributed by atoms with Gasteiger partial charge in [-0.3, -0.25) is 0 Å². The van der Waals surface area contributed by atoms with E-state index in [4.69, 9.17) is 0 Å². The molecular formula is C24H20F3NO2S. The molecule has 0 aromatic heterocycles. The molecule has 4 rings (SSSR count). The second-order valence-electron chi connectivity index (χ2n) is 7.48. The Morgan fingerprint density at radius 2 is 1.48 bits per heavy atom. The third-order valence-corrected chi connectivity index (χ3v) is 7.37. The van der Waals surface area contributed by atoms with Crippen molar-refractivity contribution in [3.63, 3.8) is 0 Å². The molecule has 0 N–H and O–H groups in total. The van der Waals surface area contributed by atoms with Crippen LogP contribution in [0.4, 0.5) is 13.2 Å². The van der Waals surface area contributed by atoms with E-state index in [0.717, 1.165) is 28.8 Å². The first kappa shape index (κ1) is 21.3. The number of halogens is 3. The molecule has 0 unspecified atom stereocenters. The first-order valence-electron chi connectivity index (χ1n) is 9.63. The van der Waals surface area contributed by atoms with Crippen LogP contribution in [0.1, 0.15) is 39.9 Å². The van der Waals surface area contributed by atoms with E-state index in [-0.39, 0.29) is 4.90 Å². The molecule has 0 bridgehead atoms. The number of hydrogen-bond donors (Lipinski definition) is 0. The molecule has 0 saturated carbocycles. The summed E-state index contributed by atoms with van der Waals surface area (Å²) < 4.78 is 67.9. The van der Waals surface area contributed by atoms with Crippen molar-refractivity contribution in [2.45, 2.75) is 30.1 Å². The van der Waals surface area contributed by atoms with Crippen LogP contribution < -0.4 is 0 Å². The summed E-state index contributed by atoms with van der Waals surface area (Å²) in [7, 11) is -3.98. The van der Waals surface area contributed by atoms with E-state index in [0.29, 0.717) is 5.56 Å². The lowest BCUT2D eigenvalue weighted by atomic mass is 9.96. The van der Waals surface area contributed by atoms with Crippen molar-refractivity contribution in [3.8, 4) is 0 Å². The summed E-state index contributed by atoms with van der Waals surface area (Å²) >= 11 is 0. The highest BCUT2D eigenvalue weighted by Gasteiger charge is 2.45. The van der Waals surface area contributed by atoms with Crippen LogP contribution in [0.5, 0.6) is 0 Å². The number of hydrogen-bond acceptors (Lipinski definition) is 2.